The molecule has 0 aromatic heterocycles. The molecule has 0 radical (unpaired) electrons. The van der Waals surface area contributed by atoms with Crippen molar-refractivity contribution >= 4 is 11.9 Å². The van der Waals surface area contributed by atoms with Gasteiger partial charge in [-0.2, -0.15) is 30.7 Å². The predicted octanol–water partition coefficient (Wildman–Crippen LogP) is 7.79. The van der Waals surface area contributed by atoms with Crippen LogP contribution in [0, 0.1) is 0 Å². The highest BCUT2D eigenvalue weighted by atomic mass is 19.4. The molecule has 1 rings (SSSR count). The first-order chi connectivity index (χ1) is 17.8. The molecule has 0 heterocycles. The summed E-state index contributed by atoms with van der Waals surface area (Å²) in [5, 5.41) is 1.34. The van der Waals surface area contributed by atoms with Gasteiger partial charge in [0, 0.05) is 6.42 Å². The minimum Gasteiger partial charge on any atom is -0.464 e. The zero-order chi connectivity index (χ0) is 28.7. The lowest BCUT2D eigenvalue weighted by molar-refractivity contribution is -0.344. The lowest BCUT2D eigenvalue weighted by Crippen LogP contribution is -2.61. The van der Waals surface area contributed by atoms with Crippen LogP contribution in [0.2, 0.25) is 0 Å². The van der Waals surface area contributed by atoms with Gasteiger partial charge in [0.2, 0.25) is 0 Å². The summed E-state index contributed by atoms with van der Waals surface area (Å²) in [6.07, 6.45) is 5.69. The summed E-state index contributed by atoms with van der Waals surface area (Å²) in [6, 6.07) is 5.76. The topological polar surface area (TPSA) is 55.4 Å². The van der Waals surface area contributed by atoms with E-state index in [9.17, 15) is 40.3 Å². The lowest BCUT2D eigenvalue weighted by Gasteiger charge is -2.28. The van der Waals surface area contributed by atoms with E-state index < -0.39 is 42.4 Å². The SMILES string of the molecule is CCCCCCCCCCCCCCOC(=O)C(Cc1ccccc1)NC(=O)C(F)(F)C(F)(F)C(F)(F)F. The first-order valence-electron chi connectivity index (χ1n) is 13.2. The summed E-state index contributed by atoms with van der Waals surface area (Å²) in [7, 11) is 0. The zero-order valence-corrected chi connectivity index (χ0v) is 21.7. The Balaban J connectivity index is 2.54. The molecule has 0 bridgehead atoms. The number of esters is 1. The Bertz CT molecular complexity index is 817. The molecule has 1 atom stereocenters. The van der Waals surface area contributed by atoms with Crippen molar-refractivity contribution in [2.24, 2.45) is 0 Å². The quantitative estimate of drug-likeness (QED) is 0.107. The fourth-order valence-corrected chi connectivity index (χ4v) is 3.83. The van der Waals surface area contributed by atoms with Crippen molar-refractivity contribution in [2.75, 3.05) is 6.61 Å². The van der Waals surface area contributed by atoms with Gasteiger partial charge in [0.15, 0.2) is 0 Å². The Hall–Kier alpha value is -2.33. The molecule has 0 spiro atoms. The van der Waals surface area contributed by atoms with Crippen LogP contribution >= 0.6 is 0 Å². The number of halogens is 7. The van der Waals surface area contributed by atoms with Gasteiger partial charge >= 0.3 is 24.0 Å². The van der Waals surface area contributed by atoms with Crippen molar-refractivity contribution < 1.29 is 45.1 Å². The third-order valence-corrected chi connectivity index (χ3v) is 6.15. The second kappa shape index (κ2) is 16.6. The summed E-state index contributed by atoms with van der Waals surface area (Å²) in [6.45, 7) is 2.07. The monoisotopic (exact) mass is 557 g/mol. The van der Waals surface area contributed by atoms with Crippen LogP contribution in [0.3, 0.4) is 0 Å². The average molecular weight is 558 g/mol. The van der Waals surface area contributed by atoms with E-state index in [4.69, 9.17) is 4.74 Å². The Morgan fingerprint density at radius 3 is 1.71 bits per heavy atom. The number of amides is 1. The molecule has 38 heavy (non-hydrogen) atoms. The third kappa shape index (κ3) is 11.2. The number of carbonyl (C=O) groups is 2. The largest absolute Gasteiger partial charge is 0.464 e. The van der Waals surface area contributed by atoms with Gasteiger partial charge in [0.1, 0.15) is 6.04 Å². The van der Waals surface area contributed by atoms with E-state index in [1.54, 1.807) is 18.2 Å². The highest BCUT2D eigenvalue weighted by Gasteiger charge is 2.76. The van der Waals surface area contributed by atoms with Crippen LogP contribution in [0.25, 0.3) is 0 Å². The number of unbranched alkanes of at least 4 members (excludes halogenated alkanes) is 11. The number of carbonyl (C=O) groups excluding carboxylic acids is 2. The molecule has 0 fully saturated rings. The molecule has 1 N–H and O–H groups in total. The van der Waals surface area contributed by atoms with Crippen LogP contribution < -0.4 is 5.32 Å². The summed E-state index contributed by atoms with van der Waals surface area (Å²) in [4.78, 5) is 24.3. The first-order valence-corrected chi connectivity index (χ1v) is 13.2. The Labute approximate surface area is 219 Å². The lowest BCUT2D eigenvalue weighted by atomic mass is 10.0. The first kappa shape index (κ1) is 33.7. The van der Waals surface area contributed by atoms with E-state index in [1.165, 1.54) is 56.0 Å². The van der Waals surface area contributed by atoms with Crippen LogP contribution in [0.1, 0.15) is 89.5 Å². The van der Waals surface area contributed by atoms with Crippen LogP contribution in [0.15, 0.2) is 30.3 Å². The van der Waals surface area contributed by atoms with Crippen molar-refractivity contribution in [3.63, 3.8) is 0 Å². The molecule has 0 aliphatic rings. The molecule has 1 amide bonds. The summed E-state index contributed by atoms with van der Waals surface area (Å²) in [5.74, 6) is -16.9. The molecule has 0 aliphatic heterocycles. The normalized spacial score (nSPS) is 13.3. The predicted molar refractivity (Wildman–Crippen MR) is 130 cm³/mol. The van der Waals surface area contributed by atoms with Gasteiger partial charge < -0.3 is 10.1 Å². The molecule has 218 valence electrons. The number of hydrogen-bond acceptors (Lipinski definition) is 3. The molecule has 1 aromatic carbocycles. The number of ether oxygens (including phenoxy) is 1. The fraction of sp³-hybridized carbons (Fsp3) is 0.704. The Kier molecular flexibility index (Phi) is 14.7. The molecule has 0 saturated carbocycles. The minimum atomic E-state index is -6.67. The molecular formula is C27H38F7NO3. The highest BCUT2D eigenvalue weighted by molar-refractivity contribution is 5.89. The van der Waals surface area contributed by atoms with Crippen LogP contribution in [0.5, 0.6) is 0 Å². The maximum atomic E-state index is 13.8. The average Bonchev–Trinajstić information content (AvgIpc) is 2.86. The Morgan fingerprint density at radius 2 is 1.24 bits per heavy atom. The van der Waals surface area contributed by atoms with Gasteiger partial charge in [0.05, 0.1) is 6.61 Å². The van der Waals surface area contributed by atoms with Gasteiger partial charge in [-0.3, -0.25) is 4.79 Å². The second-order valence-corrected chi connectivity index (χ2v) is 9.42. The minimum absolute atomic E-state index is 0.105. The molecule has 1 aromatic rings. The number of alkyl halides is 7. The summed E-state index contributed by atoms with van der Waals surface area (Å²) >= 11 is 0. The van der Waals surface area contributed by atoms with E-state index in [2.05, 4.69) is 6.92 Å². The van der Waals surface area contributed by atoms with Crippen LogP contribution in [-0.2, 0) is 20.7 Å². The zero-order valence-electron chi connectivity index (χ0n) is 21.7. The Morgan fingerprint density at radius 1 is 0.763 bits per heavy atom. The number of benzene rings is 1. The second-order valence-electron chi connectivity index (χ2n) is 9.42. The molecule has 0 aliphatic carbocycles. The van der Waals surface area contributed by atoms with E-state index in [0.717, 1.165) is 32.1 Å². The summed E-state index contributed by atoms with van der Waals surface area (Å²) in [5.41, 5.74) is 0.353. The number of hydrogen-bond donors (Lipinski definition) is 1. The maximum Gasteiger partial charge on any atom is 0.460 e. The van der Waals surface area contributed by atoms with Gasteiger partial charge in [-0.1, -0.05) is 108 Å². The van der Waals surface area contributed by atoms with E-state index in [-0.39, 0.29) is 6.61 Å². The highest BCUT2D eigenvalue weighted by Crippen LogP contribution is 2.46. The van der Waals surface area contributed by atoms with E-state index in [1.807, 2.05) is 0 Å². The molecular weight excluding hydrogens is 519 g/mol. The molecule has 4 nitrogen and oxygen atoms in total. The molecule has 11 heteroatoms. The third-order valence-electron chi connectivity index (χ3n) is 6.15. The van der Waals surface area contributed by atoms with E-state index >= 15 is 0 Å². The molecule has 0 saturated heterocycles. The smallest absolute Gasteiger partial charge is 0.460 e. The van der Waals surface area contributed by atoms with E-state index in [0.29, 0.717) is 12.0 Å². The van der Waals surface area contributed by atoms with Crippen LogP contribution in [0.4, 0.5) is 30.7 Å². The summed E-state index contributed by atoms with van der Waals surface area (Å²) < 4.78 is 96.5. The van der Waals surface area contributed by atoms with Crippen molar-refractivity contribution in [2.45, 2.75) is 114 Å². The van der Waals surface area contributed by atoms with Gasteiger partial charge in [0.25, 0.3) is 5.91 Å². The maximum absolute atomic E-state index is 13.8. The van der Waals surface area contributed by atoms with Gasteiger partial charge in [-0.25, -0.2) is 4.79 Å². The van der Waals surface area contributed by atoms with Gasteiger partial charge in [-0.05, 0) is 12.0 Å². The number of rotatable bonds is 19. The van der Waals surface area contributed by atoms with Crippen molar-refractivity contribution in [3.8, 4) is 0 Å². The van der Waals surface area contributed by atoms with Gasteiger partial charge in [-0.15, -0.1) is 0 Å². The standard InChI is InChI=1S/C27H38F7NO3/c1-2-3-4-5-6-7-8-9-10-11-12-16-19-38-23(36)22(20-21-17-14-13-15-18-21)35-24(37)25(28,29)26(30,31)27(32,33)34/h13-15,17-18,22H,2-12,16,19-20H2,1H3,(H,35,37). The fourth-order valence-electron chi connectivity index (χ4n) is 3.83. The van der Waals surface area contributed by atoms with Crippen molar-refractivity contribution in [3.05, 3.63) is 35.9 Å². The van der Waals surface area contributed by atoms with Crippen molar-refractivity contribution in [1.29, 1.82) is 0 Å². The number of nitrogens with one attached hydrogen (secondary N) is 1. The van der Waals surface area contributed by atoms with Crippen molar-refractivity contribution in [1.82, 2.24) is 5.32 Å². The molecule has 1 unspecified atom stereocenters. The van der Waals surface area contributed by atoms with Crippen LogP contribution in [-0.4, -0.2) is 42.5 Å².